The standard InChI is InChI=1S/C60H118NO8P/c1-3-5-7-9-11-13-15-17-19-21-22-23-24-25-26-27-28-29-30-31-32-33-34-35-36-37-39-41-43-45-47-49-51-53-60(63)69-58(57-68-70(64,65)67-55-54-61)56-66-59(62)52-50-48-46-44-42-40-38-20-18-16-14-12-10-8-6-4-2/h21-22,58H,3-20,23-57,61H2,1-2H3,(H,64,65)/b22-21-. The fourth-order valence-corrected chi connectivity index (χ4v) is 10.1. The van der Waals surface area contributed by atoms with E-state index in [1.165, 1.54) is 263 Å². The second-order valence-corrected chi connectivity index (χ2v) is 22.4. The number of phosphoric ester groups is 1. The lowest BCUT2D eigenvalue weighted by atomic mass is 10.0. The average molecular weight is 1010 g/mol. The van der Waals surface area contributed by atoms with Crippen LogP contribution in [0.4, 0.5) is 0 Å². The van der Waals surface area contributed by atoms with Crippen LogP contribution >= 0.6 is 7.82 Å². The zero-order chi connectivity index (χ0) is 51.0. The van der Waals surface area contributed by atoms with E-state index in [1.807, 2.05) is 0 Å². The number of esters is 2. The SMILES string of the molecule is CCCCCCCCCC/C=C\CCCCCCCCCCCCCCCCCCCCCCCC(=O)OC(COC(=O)CCCCCCCCCCCCCCCCCC)COP(=O)(O)OCCN. The van der Waals surface area contributed by atoms with Crippen molar-refractivity contribution in [1.29, 1.82) is 0 Å². The number of ether oxygens (including phenoxy) is 2. The zero-order valence-electron chi connectivity index (χ0n) is 46.5. The molecule has 0 saturated heterocycles. The topological polar surface area (TPSA) is 134 Å². The van der Waals surface area contributed by atoms with Crippen LogP contribution in [0.15, 0.2) is 12.2 Å². The van der Waals surface area contributed by atoms with Crippen molar-refractivity contribution in [2.24, 2.45) is 5.73 Å². The van der Waals surface area contributed by atoms with Gasteiger partial charge < -0.3 is 20.1 Å². The summed E-state index contributed by atoms with van der Waals surface area (Å²) in [6.07, 6.45) is 65.8. The molecule has 0 aromatic carbocycles. The number of hydrogen-bond acceptors (Lipinski definition) is 8. The smallest absolute Gasteiger partial charge is 0.462 e. The van der Waals surface area contributed by atoms with Gasteiger partial charge in [-0.15, -0.1) is 0 Å². The molecule has 2 atom stereocenters. The number of phosphoric acid groups is 1. The van der Waals surface area contributed by atoms with Crippen molar-refractivity contribution in [3.8, 4) is 0 Å². The van der Waals surface area contributed by atoms with Crippen molar-refractivity contribution in [3.63, 3.8) is 0 Å². The van der Waals surface area contributed by atoms with Crippen molar-refractivity contribution in [2.75, 3.05) is 26.4 Å². The van der Waals surface area contributed by atoms with Gasteiger partial charge in [-0.3, -0.25) is 18.6 Å². The van der Waals surface area contributed by atoms with Gasteiger partial charge in [0.25, 0.3) is 0 Å². The molecular formula is C60H118NO8P. The lowest BCUT2D eigenvalue weighted by molar-refractivity contribution is -0.161. The summed E-state index contributed by atoms with van der Waals surface area (Å²) in [6, 6.07) is 0. The third-order valence-corrected chi connectivity index (χ3v) is 14.9. The van der Waals surface area contributed by atoms with Crippen LogP contribution in [0.2, 0.25) is 0 Å². The van der Waals surface area contributed by atoms with E-state index in [-0.39, 0.29) is 38.6 Å². The average Bonchev–Trinajstić information content (AvgIpc) is 3.35. The van der Waals surface area contributed by atoms with E-state index in [2.05, 4.69) is 26.0 Å². The van der Waals surface area contributed by atoms with E-state index in [4.69, 9.17) is 24.3 Å². The summed E-state index contributed by atoms with van der Waals surface area (Å²) in [5.74, 6) is -0.805. The molecule has 0 aliphatic carbocycles. The Morgan fingerprint density at radius 1 is 0.414 bits per heavy atom. The Morgan fingerprint density at radius 2 is 0.700 bits per heavy atom. The van der Waals surface area contributed by atoms with Crippen LogP contribution in [0.25, 0.3) is 0 Å². The molecule has 0 bridgehead atoms. The summed E-state index contributed by atoms with van der Waals surface area (Å²) in [6.45, 7) is 3.81. The van der Waals surface area contributed by atoms with Gasteiger partial charge in [0.1, 0.15) is 6.61 Å². The monoisotopic (exact) mass is 1010 g/mol. The Kier molecular flexibility index (Phi) is 56.0. The predicted molar refractivity (Wildman–Crippen MR) is 298 cm³/mol. The van der Waals surface area contributed by atoms with Crippen LogP contribution in [0.3, 0.4) is 0 Å². The highest BCUT2D eigenvalue weighted by atomic mass is 31.2. The molecule has 10 heteroatoms. The van der Waals surface area contributed by atoms with Crippen molar-refractivity contribution < 1.29 is 37.6 Å². The van der Waals surface area contributed by atoms with E-state index >= 15 is 0 Å². The highest BCUT2D eigenvalue weighted by Crippen LogP contribution is 2.43. The molecule has 2 unspecified atom stereocenters. The fourth-order valence-electron chi connectivity index (χ4n) is 9.34. The van der Waals surface area contributed by atoms with Crippen molar-refractivity contribution in [1.82, 2.24) is 0 Å². The molecule has 0 aliphatic heterocycles. The van der Waals surface area contributed by atoms with Gasteiger partial charge in [-0.1, -0.05) is 289 Å². The molecule has 0 amide bonds. The molecule has 0 saturated carbocycles. The van der Waals surface area contributed by atoms with Crippen LogP contribution in [0.5, 0.6) is 0 Å². The summed E-state index contributed by atoms with van der Waals surface area (Å²) in [7, 11) is -4.38. The van der Waals surface area contributed by atoms with Crippen LogP contribution in [-0.2, 0) is 32.7 Å². The largest absolute Gasteiger partial charge is 0.472 e. The van der Waals surface area contributed by atoms with Crippen LogP contribution in [0, 0.1) is 0 Å². The summed E-state index contributed by atoms with van der Waals surface area (Å²) < 4.78 is 33.0. The van der Waals surface area contributed by atoms with Gasteiger partial charge in [0, 0.05) is 19.4 Å². The molecule has 0 fully saturated rings. The third-order valence-electron chi connectivity index (χ3n) is 13.9. The Labute approximate surface area is 434 Å². The number of carbonyl (C=O) groups excluding carboxylic acids is 2. The van der Waals surface area contributed by atoms with Gasteiger partial charge in [0.15, 0.2) is 6.10 Å². The molecule has 3 N–H and O–H groups in total. The third kappa shape index (κ3) is 56.1. The normalized spacial score (nSPS) is 13.0. The molecule has 0 rings (SSSR count). The minimum absolute atomic E-state index is 0.0577. The maximum Gasteiger partial charge on any atom is 0.472 e. The van der Waals surface area contributed by atoms with Crippen molar-refractivity contribution in [3.05, 3.63) is 12.2 Å². The first-order chi connectivity index (χ1) is 34.3. The van der Waals surface area contributed by atoms with Gasteiger partial charge in [0.05, 0.1) is 13.2 Å². The molecule has 0 heterocycles. The second kappa shape index (κ2) is 57.0. The number of allylic oxidation sites excluding steroid dienone is 2. The molecule has 0 aliphatic rings. The molecule has 0 radical (unpaired) electrons. The number of unbranched alkanes of at least 4 members (excludes halogenated alkanes) is 44. The Balaban J connectivity index is 3.81. The maximum atomic E-state index is 12.7. The van der Waals surface area contributed by atoms with E-state index in [0.717, 1.165) is 32.1 Å². The zero-order valence-corrected chi connectivity index (χ0v) is 47.4. The van der Waals surface area contributed by atoms with Crippen molar-refractivity contribution in [2.45, 2.75) is 335 Å². The van der Waals surface area contributed by atoms with Gasteiger partial charge in [-0.25, -0.2) is 4.57 Å². The maximum absolute atomic E-state index is 12.7. The molecule has 0 spiro atoms. The van der Waals surface area contributed by atoms with E-state index in [1.54, 1.807) is 0 Å². The molecule has 0 aromatic heterocycles. The Hall–Kier alpha value is -1.25. The van der Waals surface area contributed by atoms with Gasteiger partial charge in [-0.2, -0.15) is 0 Å². The van der Waals surface area contributed by atoms with Gasteiger partial charge in [0.2, 0.25) is 0 Å². The summed E-state index contributed by atoms with van der Waals surface area (Å²) in [5, 5.41) is 0. The van der Waals surface area contributed by atoms with E-state index < -0.39 is 26.5 Å². The highest BCUT2D eigenvalue weighted by molar-refractivity contribution is 7.47. The molecule has 416 valence electrons. The number of hydrogen-bond donors (Lipinski definition) is 2. The predicted octanol–water partition coefficient (Wildman–Crippen LogP) is 19.2. The first-order valence-electron chi connectivity index (χ1n) is 30.7. The van der Waals surface area contributed by atoms with Crippen LogP contribution in [0.1, 0.15) is 328 Å². The van der Waals surface area contributed by atoms with Gasteiger partial charge in [-0.05, 0) is 38.5 Å². The molecule has 9 nitrogen and oxygen atoms in total. The number of carbonyl (C=O) groups is 2. The first kappa shape index (κ1) is 68.8. The summed E-state index contributed by atoms with van der Waals surface area (Å²) >= 11 is 0. The minimum Gasteiger partial charge on any atom is -0.462 e. The lowest BCUT2D eigenvalue weighted by Gasteiger charge is -2.19. The van der Waals surface area contributed by atoms with E-state index in [9.17, 15) is 19.0 Å². The number of rotatable bonds is 59. The molecular weight excluding hydrogens is 894 g/mol. The fraction of sp³-hybridized carbons (Fsp3) is 0.933. The minimum atomic E-state index is -4.38. The van der Waals surface area contributed by atoms with E-state index in [0.29, 0.717) is 6.42 Å². The van der Waals surface area contributed by atoms with Crippen LogP contribution in [-0.4, -0.2) is 49.3 Å². The molecule has 70 heavy (non-hydrogen) atoms. The first-order valence-corrected chi connectivity index (χ1v) is 32.2. The highest BCUT2D eigenvalue weighted by Gasteiger charge is 2.26. The second-order valence-electron chi connectivity index (χ2n) is 20.9. The number of nitrogens with two attached hydrogens (primary N) is 1. The van der Waals surface area contributed by atoms with Crippen LogP contribution < -0.4 is 5.73 Å². The Bertz CT molecular complexity index is 1150. The lowest BCUT2D eigenvalue weighted by Crippen LogP contribution is -2.29. The summed E-state index contributed by atoms with van der Waals surface area (Å²) in [4.78, 5) is 35.2. The van der Waals surface area contributed by atoms with Gasteiger partial charge >= 0.3 is 19.8 Å². The Morgan fingerprint density at radius 3 is 1.01 bits per heavy atom. The molecule has 0 aromatic rings. The van der Waals surface area contributed by atoms with Crippen molar-refractivity contribution >= 4 is 19.8 Å². The quantitative estimate of drug-likeness (QED) is 0.0264. The summed E-state index contributed by atoms with van der Waals surface area (Å²) in [5.41, 5.74) is 5.38.